The van der Waals surface area contributed by atoms with Gasteiger partial charge < -0.3 is 24.9 Å². The van der Waals surface area contributed by atoms with Crippen molar-refractivity contribution in [2.24, 2.45) is 5.92 Å². The van der Waals surface area contributed by atoms with E-state index in [4.69, 9.17) is 25.9 Å². The summed E-state index contributed by atoms with van der Waals surface area (Å²) in [5.41, 5.74) is 0.817. The molecule has 1 aliphatic carbocycles. The van der Waals surface area contributed by atoms with Gasteiger partial charge in [0.05, 0.1) is 16.9 Å². The van der Waals surface area contributed by atoms with E-state index in [1.54, 1.807) is 12.1 Å². The summed E-state index contributed by atoms with van der Waals surface area (Å²) < 4.78 is 24.4. The van der Waals surface area contributed by atoms with Crippen LogP contribution >= 0.6 is 11.6 Å². The number of hydrogen-bond donors (Lipinski definition) is 3. The number of hydrogen-bond acceptors (Lipinski definition) is 8. The number of carboxylic acid groups (broad SMARTS) is 1. The van der Waals surface area contributed by atoms with E-state index in [1.165, 1.54) is 24.4 Å². The van der Waals surface area contributed by atoms with Gasteiger partial charge in [-0.2, -0.15) is 0 Å². The minimum Gasteiger partial charge on any atom is -0.481 e. The van der Waals surface area contributed by atoms with Gasteiger partial charge in [-0.05, 0) is 55.9 Å². The molecule has 1 amide bonds. The molecule has 0 saturated heterocycles. The van der Waals surface area contributed by atoms with Crippen molar-refractivity contribution >= 4 is 40.9 Å². The van der Waals surface area contributed by atoms with E-state index in [2.05, 4.69) is 25.8 Å². The van der Waals surface area contributed by atoms with Gasteiger partial charge in [-0.15, -0.1) is 5.10 Å². The summed E-state index contributed by atoms with van der Waals surface area (Å²) in [6.07, 6.45) is 4.78. The lowest BCUT2D eigenvalue weighted by atomic mass is 9.85. The van der Waals surface area contributed by atoms with E-state index in [1.807, 2.05) is 0 Å². The van der Waals surface area contributed by atoms with Gasteiger partial charge in [-0.3, -0.25) is 9.59 Å². The first kappa shape index (κ1) is 23.4. The van der Waals surface area contributed by atoms with Gasteiger partial charge in [-0.1, -0.05) is 16.7 Å². The van der Waals surface area contributed by atoms with Crippen molar-refractivity contribution in [1.82, 2.24) is 15.2 Å². The van der Waals surface area contributed by atoms with Crippen LogP contribution in [0.25, 0.3) is 0 Å². The van der Waals surface area contributed by atoms with Crippen LogP contribution in [0, 0.1) is 11.7 Å². The van der Waals surface area contributed by atoms with Gasteiger partial charge in [0, 0.05) is 18.2 Å². The Balaban J connectivity index is 1.28. The summed E-state index contributed by atoms with van der Waals surface area (Å²) in [7, 11) is 0. The number of ether oxygens (including phenoxy) is 1. The van der Waals surface area contributed by atoms with E-state index in [0.717, 1.165) is 25.7 Å². The number of carboxylic acids is 1. The largest absolute Gasteiger partial charge is 0.481 e. The molecule has 12 heteroatoms. The van der Waals surface area contributed by atoms with Crippen molar-refractivity contribution in [2.75, 3.05) is 10.6 Å². The first-order chi connectivity index (χ1) is 16.4. The van der Waals surface area contributed by atoms with Crippen molar-refractivity contribution < 1.29 is 28.2 Å². The summed E-state index contributed by atoms with van der Waals surface area (Å²) in [4.78, 5) is 27.4. The molecule has 10 nitrogen and oxygen atoms in total. The molecular formula is C22H21ClFN5O5. The summed E-state index contributed by atoms with van der Waals surface area (Å²) in [5.74, 6) is -1.64. The fraction of sp³-hybridized carbons (Fsp3) is 0.318. The van der Waals surface area contributed by atoms with Crippen LogP contribution in [-0.4, -0.2) is 38.3 Å². The predicted octanol–water partition coefficient (Wildman–Crippen LogP) is 4.67. The number of amides is 1. The Hall–Kier alpha value is -3.73. The number of carbonyl (C=O) groups excluding carboxylic acids is 1. The van der Waals surface area contributed by atoms with Crippen molar-refractivity contribution in [1.29, 1.82) is 0 Å². The molecule has 2 heterocycles. The third kappa shape index (κ3) is 6.19. The number of aliphatic carboxylic acids is 1. The van der Waals surface area contributed by atoms with E-state index >= 15 is 0 Å². The number of nitrogens with one attached hydrogen (secondary N) is 2. The molecular weight excluding hydrogens is 469 g/mol. The van der Waals surface area contributed by atoms with Crippen LogP contribution in [-0.2, 0) is 4.79 Å². The monoisotopic (exact) mass is 489 g/mol. The number of anilines is 3. The molecule has 1 fully saturated rings. The average molecular weight is 490 g/mol. The van der Waals surface area contributed by atoms with Crippen molar-refractivity contribution in [3.63, 3.8) is 0 Å². The van der Waals surface area contributed by atoms with Crippen LogP contribution in [0.2, 0.25) is 5.02 Å². The molecule has 178 valence electrons. The standard InChI is InChI=1S/C22H21ClFN5O5/c23-16-10-13(3-7-17(16)24)27-22-29-28-21(34-22)20(32)26-14-4-8-18(25-11-14)33-15-5-1-12(2-6-15)9-19(30)31/h3-4,7-8,10-12,15H,1-2,5-6,9H2,(H,26,32)(H,27,29)(H,30,31)/t12-,15-. The Kier molecular flexibility index (Phi) is 7.21. The zero-order valence-electron chi connectivity index (χ0n) is 17.8. The Morgan fingerprint density at radius 1 is 1.15 bits per heavy atom. The number of benzene rings is 1. The Bertz CT molecular complexity index is 1160. The number of nitrogens with zero attached hydrogens (tertiary/aromatic N) is 3. The minimum absolute atomic E-state index is 0.0155. The smallest absolute Gasteiger partial charge is 0.320 e. The second kappa shape index (κ2) is 10.5. The lowest BCUT2D eigenvalue weighted by Crippen LogP contribution is -2.25. The molecule has 0 bridgehead atoms. The molecule has 34 heavy (non-hydrogen) atoms. The van der Waals surface area contributed by atoms with Gasteiger partial charge in [0.25, 0.3) is 0 Å². The van der Waals surface area contributed by atoms with Gasteiger partial charge in [0.1, 0.15) is 11.9 Å². The van der Waals surface area contributed by atoms with Crippen LogP contribution in [0.5, 0.6) is 5.88 Å². The van der Waals surface area contributed by atoms with Crippen molar-refractivity contribution in [2.45, 2.75) is 38.2 Å². The maximum Gasteiger partial charge on any atom is 0.320 e. The van der Waals surface area contributed by atoms with E-state index in [-0.39, 0.29) is 35.4 Å². The third-order valence-corrected chi connectivity index (χ3v) is 5.62. The Morgan fingerprint density at radius 2 is 1.91 bits per heavy atom. The number of pyridine rings is 1. The maximum atomic E-state index is 13.3. The second-order valence-electron chi connectivity index (χ2n) is 7.86. The lowest BCUT2D eigenvalue weighted by molar-refractivity contribution is -0.138. The van der Waals surface area contributed by atoms with Gasteiger partial charge in [0.15, 0.2) is 0 Å². The SMILES string of the molecule is O=C(O)C[C@H]1CC[C@H](Oc2ccc(NC(=O)c3nnc(Nc4ccc(F)c(Cl)c4)o3)cn2)CC1. The van der Waals surface area contributed by atoms with Crippen LogP contribution in [0.4, 0.5) is 21.8 Å². The predicted molar refractivity (Wildman–Crippen MR) is 120 cm³/mol. The molecule has 0 atom stereocenters. The normalized spacial score (nSPS) is 17.7. The molecule has 0 radical (unpaired) electrons. The van der Waals surface area contributed by atoms with Crippen LogP contribution in [0.3, 0.4) is 0 Å². The highest BCUT2D eigenvalue weighted by molar-refractivity contribution is 6.31. The number of carbonyl (C=O) groups is 2. The Morgan fingerprint density at radius 3 is 2.59 bits per heavy atom. The molecule has 0 unspecified atom stereocenters. The molecule has 1 aromatic carbocycles. The van der Waals surface area contributed by atoms with Gasteiger partial charge in [0.2, 0.25) is 5.88 Å². The first-order valence-corrected chi connectivity index (χ1v) is 10.9. The third-order valence-electron chi connectivity index (χ3n) is 5.33. The zero-order chi connectivity index (χ0) is 24.1. The fourth-order valence-corrected chi connectivity index (χ4v) is 3.82. The van der Waals surface area contributed by atoms with Gasteiger partial charge in [-0.25, -0.2) is 9.37 Å². The molecule has 0 aliphatic heterocycles. The lowest BCUT2D eigenvalue weighted by Gasteiger charge is -2.27. The number of aromatic nitrogens is 3. The number of rotatable bonds is 8. The fourth-order valence-electron chi connectivity index (χ4n) is 3.64. The highest BCUT2D eigenvalue weighted by Crippen LogP contribution is 2.29. The zero-order valence-corrected chi connectivity index (χ0v) is 18.6. The van der Waals surface area contributed by atoms with Crippen LogP contribution in [0.1, 0.15) is 42.8 Å². The van der Waals surface area contributed by atoms with Crippen molar-refractivity contribution in [3.05, 3.63) is 53.3 Å². The summed E-state index contributed by atoms with van der Waals surface area (Å²) in [5, 5.41) is 21.6. The minimum atomic E-state index is -0.769. The molecule has 4 rings (SSSR count). The van der Waals surface area contributed by atoms with Gasteiger partial charge >= 0.3 is 23.8 Å². The van der Waals surface area contributed by atoms with E-state index < -0.39 is 17.7 Å². The Labute approximate surface area is 198 Å². The second-order valence-corrected chi connectivity index (χ2v) is 8.27. The van der Waals surface area contributed by atoms with E-state index in [9.17, 15) is 14.0 Å². The molecule has 0 spiro atoms. The summed E-state index contributed by atoms with van der Waals surface area (Å²) >= 11 is 5.73. The molecule has 1 aliphatic rings. The highest BCUT2D eigenvalue weighted by atomic mass is 35.5. The highest BCUT2D eigenvalue weighted by Gasteiger charge is 2.24. The first-order valence-electron chi connectivity index (χ1n) is 10.6. The summed E-state index contributed by atoms with van der Waals surface area (Å²) in [6.45, 7) is 0. The molecule has 1 saturated carbocycles. The van der Waals surface area contributed by atoms with E-state index in [0.29, 0.717) is 17.3 Å². The maximum absolute atomic E-state index is 13.3. The number of halogens is 2. The topological polar surface area (TPSA) is 139 Å². The van der Waals surface area contributed by atoms with Crippen LogP contribution in [0.15, 0.2) is 40.9 Å². The summed E-state index contributed by atoms with van der Waals surface area (Å²) in [6, 6.07) is 7.16. The van der Waals surface area contributed by atoms with Crippen molar-refractivity contribution in [3.8, 4) is 5.88 Å². The average Bonchev–Trinajstić information content (AvgIpc) is 3.27. The molecule has 3 N–H and O–H groups in total. The molecule has 2 aromatic heterocycles. The quantitative estimate of drug-likeness (QED) is 0.412. The molecule has 3 aromatic rings. The van der Waals surface area contributed by atoms with Crippen LogP contribution < -0.4 is 15.4 Å².